The fourth-order valence-electron chi connectivity index (χ4n) is 2.52. The Kier molecular flexibility index (Phi) is 3.26. The molecule has 1 N–H and O–H groups in total. The highest BCUT2D eigenvalue weighted by molar-refractivity contribution is 5.68. The molecule has 3 heteroatoms. The first kappa shape index (κ1) is 13.4. The average Bonchev–Trinajstić information content (AvgIpc) is 2.76. The molecule has 0 radical (unpaired) electrons. The summed E-state index contributed by atoms with van der Waals surface area (Å²) in [7, 11) is 0. The van der Waals surface area contributed by atoms with Crippen molar-refractivity contribution in [2.75, 3.05) is 0 Å². The molecule has 0 aliphatic heterocycles. The molecule has 1 aromatic heterocycles. The van der Waals surface area contributed by atoms with Gasteiger partial charge in [-0.25, -0.2) is 4.68 Å². The third-order valence-electron chi connectivity index (χ3n) is 3.74. The molecule has 2 aromatic carbocycles. The Bertz CT molecular complexity index is 803. The van der Waals surface area contributed by atoms with Gasteiger partial charge in [0.25, 0.3) is 0 Å². The van der Waals surface area contributed by atoms with Crippen molar-refractivity contribution in [3.8, 4) is 22.8 Å². The van der Waals surface area contributed by atoms with Crippen molar-refractivity contribution >= 4 is 0 Å². The largest absolute Gasteiger partial charge is 0.493 e. The molecule has 3 aromatic rings. The minimum absolute atomic E-state index is 0.193. The van der Waals surface area contributed by atoms with Crippen LogP contribution in [-0.4, -0.2) is 14.9 Å². The van der Waals surface area contributed by atoms with Gasteiger partial charge in [-0.3, -0.25) is 0 Å². The summed E-state index contributed by atoms with van der Waals surface area (Å²) in [5.74, 6) is 0.193. The standard InChI is InChI=1S/C18H18N2O/c1-12-7-6-9-15(11-12)20-18(21)14(3)17(19-20)16-10-5-4-8-13(16)2/h4-11,21H,1-3H3. The summed E-state index contributed by atoms with van der Waals surface area (Å²) in [6.07, 6.45) is 0. The van der Waals surface area contributed by atoms with Gasteiger partial charge in [0.15, 0.2) is 0 Å². The van der Waals surface area contributed by atoms with Gasteiger partial charge in [-0.15, -0.1) is 0 Å². The Labute approximate surface area is 124 Å². The molecule has 1 heterocycles. The van der Waals surface area contributed by atoms with Crippen LogP contribution in [0.5, 0.6) is 5.88 Å². The molecule has 0 aliphatic carbocycles. The predicted octanol–water partition coefficient (Wildman–Crippen LogP) is 4.17. The number of benzene rings is 2. The number of aromatic nitrogens is 2. The Balaban J connectivity index is 2.19. The van der Waals surface area contributed by atoms with Crippen LogP contribution in [0.15, 0.2) is 48.5 Å². The van der Waals surface area contributed by atoms with E-state index in [9.17, 15) is 5.11 Å². The molecule has 0 bridgehead atoms. The average molecular weight is 278 g/mol. The van der Waals surface area contributed by atoms with Gasteiger partial charge >= 0.3 is 0 Å². The van der Waals surface area contributed by atoms with Crippen LogP contribution in [-0.2, 0) is 0 Å². The Morgan fingerprint density at radius 2 is 1.71 bits per heavy atom. The van der Waals surface area contributed by atoms with Gasteiger partial charge in [0.05, 0.1) is 11.4 Å². The van der Waals surface area contributed by atoms with Crippen LogP contribution in [0.4, 0.5) is 0 Å². The highest BCUT2D eigenvalue weighted by Crippen LogP contribution is 2.32. The Morgan fingerprint density at radius 3 is 2.43 bits per heavy atom. The Hall–Kier alpha value is -2.55. The summed E-state index contributed by atoms with van der Waals surface area (Å²) < 4.78 is 1.60. The van der Waals surface area contributed by atoms with E-state index in [0.717, 1.165) is 33.6 Å². The molecule has 3 rings (SSSR count). The van der Waals surface area contributed by atoms with Crippen molar-refractivity contribution in [1.82, 2.24) is 9.78 Å². The SMILES string of the molecule is Cc1cccc(-n2nc(-c3ccccc3C)c(C)c2O)c1. The fraction of sp³-hybridized carbons (Fsp3) is 0.167. The maximum absolute atomic E-state index is 10.4. The van der Waals surface area contributed by atoms with Crippen molar-refractivity contribution in [3.05, 3.63) is 65.2 Å². The fourth-order valence-corrected chi connectivity index (χ4v) is 2.52. The first-order valence-corrected chi connectivity index (χ1v) is 6.99. The van der Waals surface area contributed by atoms with Gasteiger partial charge in [0, 0.05) is 11.1 Å². The molecule has 21 heavy (non-hydrogen) atoms. The summed E-state index contributed by atoms with van der Waals surface area (Å²) >= 11 is 0. The maximum atomic E-state index is 10.4. The lowest BCUT2D eigenvalue weighted by atomic mass is 10.0. The summed E-state index contributed by atoms with van der Waals surface area (Å²) in [5.41, 5.74) is 5.83. The number of aromatic hydroxyl groups is 1. The highest BCUT2D eigenvalue weighted by Gasteiger charge is 2.17. The zero-order valence-corrected chi connectivity index (χ0v) is 12.5. The van der Waals surface area contributed by atoms with Crippen molar-refractivity contribution in [2.24, 2.45) is 0 Å². The number of hydrogen-bond acceptors (Lipinski definition) is 2. The van der Waals surface area contributed by atoms with Crippen LogP contribution in [0.3, 0.4) is 0 Å². The zero-order chi connectivity index (χ0) is 15.0. The third kappa shape index (κ3) is 2.31. The van der Waals surface area contributed by atoms with Crippen LogP contribution in [0, 0.1) is 20.8 Å². The van der Waals surface area contributed by atoms with E-state index in [4.69, 9.17) is 0 Å². The van der Waals surface area contributed by atoms with E-state index in [-0.39, 0.29) is 5.88 Å². The van der Waals surface area contributed by atoms with Crippen molar-refractivity contribution in [3.63, 3.8) is 0 Å². The van der Waals surface area contributed by atoms with Gasteiger partial charge in [-0.2, -0.15) is 5.10 Å². The smallest absolute Gasteiger partial charge is 0.217 e. The normalized spacial score (nSPS) is 10.8. The van der Waals surface area contributed by atoms with E-state index >= 15 is 0 Å². The first-order chi connectivity index (χ1) is 10.1. The molecular weight excluding hydrogens is 260 g/mol. The molecular formula is C18H18N2O. The van der Waals surface area contributed by atoms with Crippen LogP contribution in [0.25, 0.3) is 16.9 Å². The summed E-state index contributed by atoms with van der Waals surface area (Å²) in [6.45, 7) is 5.98. The van der Waals surface area contributed by atoms with Crippen molar-refractivity contribution in [2.45, 2.75) is 20.8 Å². The first-order valence-electron chi connectivity index (χ1n) is 6.99. The van der Waals surface area contributed by atoms with E-state index in [1.165, 1.54) is 0 Å². The topological polar surface area (TPSA) is 38.0 Å². The van der Waals surface area contributed by atoms with E-state index in [1.807, 2.05) is 56.3 Å². The second-order valence-electron chi connectivity index (χ2n) is 5.36. The maximum Gasteiger partial charge on any atom is 0.217 e. The number of hydrogen-bond donors (Lipinski definition) is 1. The molecule has 3 nitrogen and oxygen atoms in total. The van der Waals surface area contributed by atoms with Crippen LogP contribution in [0.2, 0.25) is 0 Å². The number of aryl methyl sites for hydroxylation is 2. The summed E-state index contributed by atoms with van der Waals surface area (Å²) in [4.78, 5) is 0. The molecule has 0 spiro atoms. The van der Waals surface area contributed by atoms with Crippen LogP contribution < -0.4 is 0 Å². The summed E-state index contributed by atoms with van der Waals surface area (Å²) in [6, 6.07) is 16.0. The van der Waals surface area contributed by atoms with E-state index < -0.39 is 0 Å². The van der Waals surface area contributed by atoms with Crippen molar-refractivity contribution < 1.29 is 5.11 Å². The summed E-state index contributed by atoms with van der Waals surface area (Å²) in [5, 5.41) is 15.0. The van der Waals surface area contributed by atoms with Gasteiger partial charge in [0.2, 0.25) is 5.88 Å². The molecule has 106 valence electrons. The monoisotopic (exact) mass is 278 g/mol. The van der Waals surface area contributed by atoms with Crippen LogP contribution >= 0.6 is 0 Å². The molecule has 0 aliphatic rings. The minimum Gasteiger partial charge on any atom is -0.493 e. The Morgan fingerprint density at radius 1 is 0.952 bits per heavy atom. The number of nitrogens with zero attached hydrogens (tertiary/aromatic N) is 2. The molecule has 0 saturated carbocycles. The lowest BCUT2D eigenvalue weighted by Gasteiger charge is -2.04. The van der Waals surface area contributed by atoms with E-state index in [0.29, 0.717) is 0 Å². The molecule has 0 atom stereocenters. The molecule has 0 unspecified atom stereocenters. The number of rotatable bonds is 2. The predicted molar refractivity (Wildman–Crippen MR) is 84.9 cm³/mol. The minimum atomic E-state index is 0.193. The van der Waals surface area contributed by atoms with Gasteiger partial charge in [0.1, 0.15) is 0 Å². The quantitative estimate of drug-likeness (QED) is 0.764. The van der Waals surface area contributed by atoms with Gasteiger partial charge < -0.3 is 5.11 Å². The lowest BCUT2D eigenvalue weighted by Crippen LogP contribution is -1.96. The molecule has 0 saturated heterocycles. The van der Waals surface area contributed by atoms with Crippen LogP contribution in [0.1, 0.15) is 16.7 Å². The molecule has 0 fully saturated rings. The highest BCUT2D eigenvalue weighted by atomic mass is 16.3. The van der Waals surface area contributed by atoms with E-state index in [2.05, 4.69) is 18.1 Å². The van der Waals surface area contributed by atoms with E-state index in [1.54, 1.807) is 4.68 Å². The van der Waals surface area contributed by atoms with Gasteiger partial charge in [-0.1, -0.05) is 36.4 Å². The third-order valence-corrected chi connectivity index (χ3v) is 3.74. The van der Waals surface area contributed by atoms with Crippen molar-refractivity contribution in [1.29, 1.82) is 0 Å². The zero-order valence-electron chi connectivity index (χ0n) is 12.5. The lowest BCUT2D eigenvalue weighted by molar-refractivity contribution is 0.430. The van der Waals surface area contributed by atoms with Gasteiger partial charge in [-0.05, 0) is 44.0 Å². The molecule has 0 amide bonds. The second kappa shape index (κ2) is 5.09. The second-order valence-corrected chi connectivity index (χ2v) is 5.36.